The van der Waals surface area contributed by atoms with Gasteiger partial charge in [-0.1, -0.05) is 12.1 Å². The molecule has 176 valence electrons. The van der Waals surface area contributed by atoms with Gasteiger partial charge in [-0.15, -0.1) is 0 Å². The third kappa shape index (κ3) is 6.26. The van der Waals surface area contributed by atoms with Crippen LogP contribution < -0.4 is 20.1 Å². The summed E-state index contributed by atoms with van der Waals surface area (Å²) < 4.78 is 10.8. The van der Waals surface area contributed by atoms with Crippen LogP contribution in [-0.4, -0.2) is 49.6 Å². The number of benzene rings is 2. The maximum Gasteiger partial charge on any atom is 0.251 e. The van der Waals surface area contributed by atoms with Gasteiger partial charge in [-0.25, -0.2) is 0 Å². The zero-order valence-electron chi connectivity index (χ0n) is 19.6. The summed E-state index contributed by atoms with van der Waals surface area (Å²) in [7, 11) is 3.24. The van der Waals surface area contributed by atoms with E-state index in [1.165, 1.54) is 0 Å². The second-order valence-corrected chi connectivity index (χ2v) is 8.98. The molecule has 0 saturated heterocycles. The van der Waals surface area contributed by atoms with Crippen molar-refractivity contribution in [3.05, 3.63) is 59.2 Å². The van der Waals surface area contributed by atoms with E-state index in [4.69, 9.17) is 9.47 Å². The van der Waals surface area contributed by atoms with Crippen LogP contribution in [0.15, 0.2) is 42.5 Å². The van der Waals surface area contributed by atoms with Gasteiger partial charge in [-0.3, -0.25) is 14.5 Å². The number of carbonyl (C=O) groups is 2. The first-order valence-corrected chi connectivity index (χ1v) is 11.6. The molecule has 2 saturated carbocycles. The Balaban J connectivity index is 1.35. The second-order valence-electron chi connectivity index (χ2n) is 8.98. The SMILES string of the molecule is COc1ccc(OC)c(C(C)NC(=O)CN(Cc2ccc(C(=O)NC3CC3)cc2)C2CC2)c1. The van der Waals surface area contributed by atoms with Crippen LogP contribution in [0.25, 0.3) is 0 Å². The molecular formula is C26H33N3O4. The fourth-order valence-electron chi connectivity index (χ4n) is 3.97. The van der Waals surface area contributed by atoms with Gasteiger partial charge in [0.2, 0.25) is 5.91 Å². The Labute approximate surface area is 195 Å². The minimum Gasteiger partial charge on any atom is -0.497 e. The maximum atomic E-state index is 12.9. The molecule has 7 nitrogen and oxygen atoms in total. The quantitative estimate of drug-likeness (QED) is 0.547. The van der Waals surface area contributed by atoms with Crippen molar-refractivity contribution < 1.29 is 19.1 Å². The highest BCUT2D eigenvalue weighted by Crippen LogP contribution is 2.30. The van der Waals surface area contributed by atoms with Gasteiger partial charge in [0.05, 0.1) is 26.8 Å². The zero-order valence-corrected chi connectivity index (χ0v) is 19.6. The van der Waals surface area contributed by atoms with Crippen molar-refractivity contribution >= 4 is 11.8 Å². The van der Waals surface area contributed by atoms with Crippen molar-refractivity contribution in [2.45, 2.75) is 57.3 Å². The van der Waals surface area contributed by atoms with Crippen molar-refractivity contribution in [2.75, 3.05) is 20.8 Å². The Hall–Kier alpha value is -3.06. The normalized spacial score (nSPS) is 16.2. The van der Waals surface area contributed by atoms with Gasteiger partial charge in [-0.2, -0.15) is 0 Å². The first-order chi connectivity index (χ1) is 16.0. The van der Waals surface area contributed by atoms with Crippen LogP contribution >= 0.6 is 0 Å². The van der Waals surface area contributed by atoms with Gasteiger partial charge < -0.3 is 20.1 Å². The van der Waals surface area contributed by atoms with E-state index in [0.717, 1.165) is 42.6 Å². The molecule has 0 aliphatic heterocycles. The first-order valence-electron chi connectivity index (χ1n) is 11.6. The summed E-state index contributed by atoms with van der Waals surface area (Å²) in [6.07, 6.45) is 4.36. The molecule has 1 unspecified atom stereocenters. The Kier molecular flexibility index (Phi) is 7.18. The van der Waals surface area contributed by atoms with E-state index in [2.05, 4.69) is 15.5 Å². The summed E-state index contributed by atoms with van der Waals surface area (Å²) in [5.41, 5.74) is 2.66. The van der Waals surface area contributed by atoms with Crippen LogP contribution in [0.5, 0.6) is 11.5 Å². The highest BCUT2D eigenvalue weighted by molar-refractivity contribution is 5.94. The monoisotopic (exact) mass is 451 g/mol. The standard InChI is InChI=1S/C26H33N3O4/c1-17(23-14-22(32-2)12-13-24(23)33-3)27-25(30)16-29(21-10-11-21)15-18-4-6-19(7-5-18)26(31)28-20-8-9-20/h4-7,12-14,17,20-21H,8-11,15-16H2,1-3H3,(H,27,30)(H,28,31). The van der Waals surface area contributed by atoms with E-state index >= 15 is 0 Å². The average molecular weight is 452 g/mol. The topological polar surface area (TPSA) is 79.9 Å². The summed E-state index contributed by atoms with van der Waals surface area (Å²) in [6.45, 7) is 2.95. The number of methoxy groups -OCH3 is 2. The van der Waals surface area contributed by atoms with Gasteiger partial charge in [0, 0.05) is 29.8 Å². The molecule has 2 aliphatic carbocycles. The van der Waals surface area contributed by atoms with Crippen LogP contribution in [0.1, 0.15) is 60.1 Å². The number of nitrogens with one attached hydrogen (secondary N) is 2. The van der Waals surface area contributed by atoms with E-state index in [9.17, 15) is 9.59 Å². The number of ether oxygens (including phenoxy) is 2. The number of carbonyl (C=O) groups excluding carboxylic acids is 2. The lowest BCUT2D eigenvalue weighted by Crippen LogP contribution is -2.39. The lowest BCUT2D eigenvalue weighted by Gasteiger charge is -2.24. The number of hydrogen-bond acceptors (Lipinski definition) is 5. The summed E-state index contributed by atoms with van der Waals surface area (Å²) in [4.78, 5) is 27.3. The predicted octanol–water partition coefficient (Wildman–Crippen LogP) is 3.44. The van der Waals surface area contributed by atoms with Crippen LogP contribution in [0.3, 0.4) is 0 Å². The van der Waals surface area contributed by atoms with Crippen molar-refractivity contribution in [3.63, 3.8) is 0 Å². The molecule has 0 spiro atoms. The Morgan fingerprint density at radius 2 is 1.76 bits per heavy atom. The number of rotatable bonds is 11. The fourth-order valence-corrected chi connectivity index (χ4v) is 3.97. The van der Waals surface area contributed by atoms with Gasteiger partial charge in [-0.05, 0) is 68.5 Å². The molecule has 1 atom stereocenters. The number of hydrogen-bond donors (Lipinski definition) is 2. The highest BCUT2D eigenvalue weighted by atomic mass is 16.5. The molecule has 0 bridgehead atoms. The predicted molar refractivity (Wildman–Crippen MR) is 126 cm³/mol. The van der Waals surface area contributed by atoms with Crippen molar-refractivity contribution in [1.29, 1.82) is 0 Å². The van der Waals surface area contributed by atoms with E-state index in [0.29, 0.717) is 36.5 Å². The highest BCUT2D eigenvalue weighted by Gasteiger charge is 2.31. The molecule has 2 aromatic carbocycles. The Morgan fingerprint density at radius 3 is 2.36 bits per heavy atom. The van der Waals surface area contributed by atoms with Gasteiger partial charge in [0.15, 0.2) is 0 Å². The molecule has 7 heteroatoms. The Bertz CT molecular complexity index is 984. The van der Waals surface area contributed by atoms with Crippen LogP contribution in [0, 0.1) is 0 Å². The van der Waals surface area contributed by atoms with Crippen LogP contribution in [0.4, 0.5) is 0 Å². The third-order valence-electron chi connectivity index (χ3n) is 6.21. The van der Waals surface area contributed by atoms with Crippen molar-refractivity contribution in [3.8, 4) is 11.5 Å². The van der Waals surface area contributed by atoms with Gasteiger partial charge >= 0.3 is 0 Å². The van der Waals surface area contributed by atoms with Crippen molar-refractivity contribution in [1.82, 2.24) is 15.5 Å². The molecule has 2 fully saturated rings. The van der Waals surface area contributed by atoms with Crippen LogP contribution in [0.2, 0.25) is 0 Å². The number of nitrogens with zero attached hydrogens (tertiary/aromatic N) is 1. The fraction of sp³-hybridized carbons (Fsp3) is 0.462. The summed E-state index contributed by atoms with van der Waals surface area (Å²) in [5.74, 6) is 1.40. The third-order valence-corrected chi connectivity index (χ3v) is 6.21. The Morgan fingerprint density at radius 1 is 1.03 bits per heavy atom. The van der Waals surface area contributed by atoms with Crippen LogP contribution in [-0.2, 0) is 11.3 Å². The lowest BCUT2D eigenvalue weighted by molar-refractivity contribution is -0.123. The van der Waals surface area contributed by atoms with Gasteiger partial charge in [0.25, 0.3) is 5.91 Å². The summed E-state index contributed by atoms with van der Waals surface area (Å²) >= 11 is 0. The number of amides is 2. The largest absolute Gasteiger partial charge is 0.497 e. The van der Waals surface area contributed by atoms with E-state index in [1.54, 1.807) is 14.2 Å². The second kappa shape index (κ2) is 10.3. The van der Waals surface area contributed by atoms with Gasteiger partial charge in [0.1, 0.15) is 11.5 Å². The molecule has 0 heterocycles. The van der Waals surface area contributed by atoms with E-state index in [-0.39, 0.29) is 17.9 Å². The smallest absolute Gasteiger partial charge is 0.251 e. The molecule has 2 N–H and O–H groups in total. The lowest BCUT2D eigenvalue weighted by atomic mass is 10.1. The van der Waals surface area contributed by atoms with E-state index in [1.807, 2.05) is 49.4 Å². The maximum absolute atomic E-state index is 12.9. The summed E-state index contributed by atoms with van der Waals surface area (Å²) in [5, 5.41) is 6.11. The minimum absolute atomic E-state index is 0.00978. The zero-order chi connectivity index (χ0) is 23.4. The molecule has 0 aromatic heterocycles. The van der Waals surface area contributed by atoms with Crippen molar-refractivity contribution in [2.24, 2.45) is 0 Å². The minimum atomic E-state index is -0.215. The average Bonchev–Trinajstić information content (AvgIpc) is 3.73. The first kappa shape index (κ1) is 23.1. The molecule has 4 rings (SSSR count). The molecule has 2 aliphatic rings. The summed E-state index contributed by atoms with van der Waals surface area (Å²) in [6, 6.07) is 13.9. The van der Waals surface area contributed by atoms with E-state index < -0.39 is 0 Å². The molecule has 2 aromatic rings. The molecule has 33 heavy (non-hydrogen) atoms. The molecular weight excluding hydrogens is 418 g/mol. The molecule has 0 radical (unpaired) electrons. The molecule has 2 amide bonds.